The fourth-order valence-electron chi connectivity index (χ4n) is 4.03. The lowest BCUT2D eigenvalue weighted by atomic mass is 9.73. The molecule has 3 heteroatoms. The summed E-state index contributed by atoms with van der Waals surface area (Å²) in [6.07, 6.45) is 7.97. The number of aromatic nitrogens is 1. The molecule has 2 N–H and O–H groups in total. The first-order valence-corrected chi connectivity index (χ1v) is 9.35. The minimum atomic E-state index is -0.614. The molecule has 3 nitrogen and oxygen atoms in total. The summed E-state index contributed by atoms with van der Waals surface area (Å²) < 4.78 is 0. The zero-order valence-electron chi connectivity index (χ0n) is 15.0. The van der Waals surface area contributed by atoms with Gasteiger partial charge in [-0.05, 0) is 55.4 Å². The van der Waals surface area contributed by atoms with E-state index in [0.29, 0.717) is 12.5 Å². The van der Waals surface area contributed by atoms with Gasteiger partial charge in [-0.1, -0.05) is 38.3 Å². The van der Waals surface area contributed by atoms with Gasteiger partial charge in [0.15, 0.2) is 0 Å². The smallest absolute Gasteiger partial charge is 0.0771 e. The third kappa shape index (κ3) is 4.14. The third-order valence-corrected chi connectivity index (χ3v) is 5.78. The molecule has 0 aliphatic heterocycles. The molecule has 1 aliphatic carbocycles. The summed E-state index contributed by atoms with van der Waals surface area (Å²) in [5.74, 6) is 1.30. The van der Waals surface area contributed by atoms with Crippen molar-refractivity contribution in [1.29, 1.82) is 0 Å². The molecule has 0 radical (unpaired) electrons. The normalized spacial score (nSPS) is 24.0. The third-order valence-electron chi connectivity index (χ3n) is 5.78. The largest absolute Gasteiger partial charge is 0.389 e. The number of hydrogen-bond donors (Lipinski definition) is 2. The lowest BCUT2D eigenvalue weighted by Gasteiger charge is -2.38. The van der Waals surface area contributed by atoms with Crippen molar-refractivity contribution in [2.24, 2.45) is 11.8 Å². The molecule has 1 atom stereocenters. The Labute approximate surface area is 145 Å². The number of fused-ring (bicyclic) bond motifs is 1. The van der Waals surface area contributed by atoms with Crippen LogP contribution in [0.25, 0.3) is 10.9 Å². The van der Waals surface area contributed by atoms with E-state index in [1.807, 2.05) is 19.2 Å². The second-order valence-electron chi connectivity index (χ2n) is 7.62. The summed E-state index contributed by atoms with van der Waals surface area (Å²) in [7, 11) is 0. The molecule has 1 unspecified atom stereocenters. The molecule has 130 valence electrons. The summed E-state index contributed by atoms with van der Waals surface area (Å²) in [4.78, 5) is 4.36. The van der Waals surface area contributed by atoms with Crippen molar-refractivity contribution in [3.8, 4) is 0 Å². The van der Waals surface area contributed by atoms with Crippen LogP contribution >= 0.6 is 0 Å². The standard InChI is InChI=1S/C21H30N2O/c1-3-16-6-9-19(10-7-16)21(2,24)15-22-14-17-8-11-20-18(13-17)5-4-12-23-20/h4-5,8,11-13,16,19,22,24H,3,6-7,9-10,14-15H2,1-2H3. The SMILES string of the molecule is CCC1CCC(C(C)(O)CNCc2ccc3ncccc3c2)CC1. The summed E-state index contributed by atoms with van der Waals surface area (Å²) >= 11 is 0. The quantitative estimate of drug-likeness (QED) is 0.832. The van der Waals surface area contributed by atoms with Crippen molar-refractivity contribution in [2.45, 2.75) is 58.1 Å². The summed E-state index contributed by atoms with van der Waals surface area (Å²) in [5.41, 5.74) is 1.65. The molecule has 2 aromatic rings. The van der Waals surface area contributed by atoms with E-state index in [2.05, 4.69) is 41.5 Å². The van der Waals surface area contributed by atoms with Gasteiger partial charge in [0.25, 0.3) is 0 Å². The Bertz CT molecular complexity index is 660. The zero-order valence-corrected chi connectivity index (χ0v) is 15.0. The van der Waals surface area contributed by atoms with Crippen LogP contribution in [0, 0.1) is 11.8 Å². The summed E-state index contributed by atoms with van der Waals surface area (Å²) in [6, 6.07) is 10.4. The Hall–Kier alpha value is -1.45. The maximum atomic E-state index is 10.9. The number of nitrogens with zero attached hydrogens (tertiary/aromatic N) is 1. The van der Waals surface area contributed by atoms with E-state index in [1.165, 1.54) is 30.2 Å². The molecule has 3 rings (SSSR count). The van der Waals surface area contributed by atoms with Gasteiger partial charge < -0.3 is 10.4 Å². The van der Waals surface area contributed by atoms with Crippen LogP contribution in [0.15, 0.2) is 36.5 Å². The fourth-order valence-corrected chi connectivity index (χ4v) is 4.03. The molecule has 1 heterocycles. The first-order chi connectivity index (χ1) is 11.6. The Morgan fingerprint density at radius 3 is 2.75 bits per heavy atom. The maximum Gasteiger partial charge on any atom is 0.0771 e. The molecule has 1 fully saturated rings. The molecule has 1 aromatic heterocycles. The van der Waals surface area contributed by atoms with Crippen molar-refractivity contribution in [3.63, 3.8) is 0 Å². The highest BCUT2D eigenvalue weighted by Crippen LogP contribution is 2.36. The Morgan fingerprint density at radius 1 is 1.21 bits per heavy atom. The minimum absolute atomic E-state index is 0.425. The van der Waals surface area contributed by atoms with E-state index in [0.717, 1.165) is 30.8 Å². The highest BCUT2D eigenvalue weighted by atomic mass is 16.3. The molecule has 0 bridgehead atoms. The van der Waals surface area contributed by atoms with Crippen molar-refractivity contribution < 1.29 is 5.11 Å². The molecule has 1 aliphatic rings. The van der Waals surface area contributed by atoms with Gasteiger partial charge in [0.1, 0.15) is 0 Å². The molecule has 0 spiro atoms. The van der Waals surface area contributed by atoms with Crippen LogP contribution in [0.5, 0.6) is 0 Å². The van der Waals surface area contributed by atoms with Crippen LogP contribution in [0.4, 0.5) is 0 Å². The van der Waals surface area contributed by atoms with Crippen LogP contribution in [-0.4, -0.2) is 22.2 Å². The van der Waals surface area contributed by atoms with E-state index in [1.54, 1.807) is 0 Å². The average Bonchev–Trinajstić information content (AvgIpc) is 2.61. The highest BCUT2D eigenvalue weighted by Gasteiger charge is 2.34. The lowest BCUT2D eigenvalue weighted by Crippen LogP contribution is -2.45. The fraction of sp³-hybridized carbons (Fsp3) is 0.571. The molecular formula is C21H30N2O. The zero-order chi connectivity index (χ0) is 17.0. The second-order valence-corrected chi connectivity index (χ2v) is 7.62. The summed E-state index contributed by atoms with van der Waals surface area (Å²) in [6.45, 7) is 5.72. The first-order valence-electron chi connectivity index (χ1n) is 9.35. The first kappa shape index (κ1) is 17.4. The number of nitrogens with one attached hydrogen (secondary N) is 1. The van der Waals surface area contributed by atoms with Crippen LogP contribution < -0.4 is 5.32 Å². The number of rotatable bonds is 6. The maximum absolute atomic E-state index is 10.9. The van der Waals surface area contributed by atoms with Crippen molar-refractivity contribution in [3.05, 3.63) is 42.1 Å². The van der Waals surface area contributed by atoms with Gasteiger partial charge >= 0.3 is 0 Å². The van der Waals surface area contributed by atoms with Crippen LogP contribution in [0.1, 0.15) is 51.5 Å². The van der Waals surface area contributed by atoms with Crippen molar-refractivity contribution in [2.75, 3.05) is 6.54 Å². The van der Waals surface area contributed by atoms with E-state index >= 15 is 0 Å². The molecule has 1 saturated carbocycles. The van der Waals surface area contributed by atoms with Crippen molar-refractivity contribution in [1.82, 2.24) is 10.3 Å². The molecular weight excluding hydrogens is 296 g/mol. The molecule has 24 heavy (non-hydrogen) atoms. The minimum Gasteiger partial charge on any atom is -0.389 e. The number of aliphatic hydroxyl groups is 1. The molecule has 1 aromatic carbocycles. The highest BCUT2D eigenvalue weighted by molar-refractivity contribution is 5.78. The van der Waals surface area contributed by atoms with Crippen LogP contribution in [0.3, 0.4) is 0 Å². The number of hydrogen-bond acceptors (Lipinski definition) is 3. The van der Waals surface area contributed by atoms with Gasteiger partial charge in [-0.15, -0.1) is 0 Å². The topological polar surface area (TPSA) is 45.1 Å². The Kier molecular flexibility index (Phi) is 5.52. The number of pyridine rings is 1. The van der Waals surface area contributed by atoms with Gasteiger partial charge in [0.2, 0.25) is 0 Å². The number of benzene rings is 1. The second kappa shape index (κ2) is 7.62. The van der Waals surface area contributed by atoms with Gasteiger partial charge in [-0.2, -0.15) is 0 Å². The van der Waals surface area contributed by atoms with E-state index < -0.39 is 5.60 Å². The molecule has 0 saturated heterocycles. The van der Waals surface area contributed by atoms with E-state index in [9.17, 15) is 5.11 Å². The van der Waals surface area contributed by atoms with Crippen LogP contribution in [0.2, 0.25) is 0 Å². The Morgan fingerprint density at radius 2 is 2.00 bits per heavy atom. The average molecular weight is 326 g/mol. The van der Waals surface area contributed by atoms with E-state index in [4.69, 9.17) is 0 Å². The Balaban J connectivity index is 1.52. The van der Waals surface area contributed by atoms with Gasteiger partial charge in [0, 0.05) is 24.7 Å². The van der Waals surface area contributed by atoms with Gasteiger partial charge in [0.05, 0.1) is 11.1 Å². The van der Waals surface area contributed by atoms with Crippen LogP contribution in [-0.2, 0) is 6.54 Å². The lowest BCUT2D eigenvalue weighted by molar-refractivity contribution is -0.0214. The monoisotopic (exact) mass is 326 g/mol. The predicted octanol–water partition coefficient (Wildman–Crippen LogP) is 4.29. The molecule has 0 amide bonds. The summed E-state index contributed by atoms with van der Waals surface area (Å²) in [5, 5.41) is 15.5. The van der Waals surface area contributed by atoms with Crippen molar-refractivity contribution >= 4 is 10.9 Å². The van der Waals surface area contributed by atoms with Gasteiger partial charge in [-0.25, -0.2) is 0 Å². The predicted molar refractivity (Wildman–Crippen MR) is 99.8 cm³/mol. The van der Waals surface area contributed by atoms with E-state index in [-0.39, 0.29) is 0 Å². The van der Waals surface area contributed by atoms with Gasteiger partial charge in [-0.3, -0.25) is 4.98 Å².